The second-order valence-corrected chi connectivity index (χ2v) is 28.9. The molecule has 0 radical (unpaired) electrons. The second-order valence-electron chi connectivity index (χ2n) is 15.5. The standard InChI is InChI=1S/C33H70O7Si3/c1-11-12-13-14-15-16-17-18-19-20-21-22-23-24-25-26-29(34)36-27-28-30(38-41(2,3)4)31(39-42(5,6)7)32(33(35)37-28)40-43(8,9)10/h28,30-33,35H,11-27H2,1-10H3/t28-,30-,31+,32-,33+/m1/s1. The summed E-state index contributed by atoms with van der Waals surface area (Å²) in [5.41, 5.74) is 0. The molecular formula is C33H70O7Si3. The quantitative estimate of drug-likeness (QED) is 0.0627. The number of hydrogen-bond acceptors (Lipinski definition) is 7. The van der Waals surface area contributed by atoms with Crippen LogP contribution in [0.25, 0.3) is 0 Å². The largest absolute Gasteiger partial charge is 0.463 e. The molecule has 0 bridgehead atoms. The molecule has 7 nitrogen and oxygen atoms in total. The van der Waals surface area contributed by atoms with Crippen molar-refractivity contribution in [3.63, 3.8) is 0 Å². The summed E-state index contributed by atoms with van der Waals surface area (Å²) in [7, 11) is -6.10. The summed E-state index contributed by atoms with van der Waals surface area (Å²) in [5.74, 6) is -0.220. The number of aliphatic hydroxyl groups excluding tert-OH is 1. The molecule has 0 spiro atoms. The van der Waals surface area contributed by atoms with Gasteiger partial charge in [0.15, 0.2) is 31.2 Å². The van der Waals surface area contributed by atoms with Crippen molar-refractivity contribution in [1.29, 1.82) is 0 Å². The third kappa shape index (κ3) is 20.6. The fourth-order valence-electron chi connectivity index (χ4n) is 5.54. The maximum absolute atomic E-state index is 12.6. The molecule has 0 aromatic carbocycles. The van der Waals surface area contributed by atoms with Gasteiger partial charge in [0, 0.05) is 6.42 Å². The molecule has 1 rings (SSSR count). The maximum atomic E-state index is 12.6. The number of hydrogen-bond donors (Lipinski definition) is 1. The van der Waals surface area contributed by atoms with Crippen LogP contribution in [0.2, 0.25) is 58.9 Å². The average Bonchev–Trinajstić information content (AvgIpc) is 2.87. The van der Waals surface area contributed by atoms with E-state index in [9.17, 15) is 9.90 Å². The van der Waals surface area contributed by atoms with Gasteiger partial charge >= 0.3 is 5.97 Å². The molecule has 1 N–H and O–H groups in total. The number of unbranched alkanes of at least 4 members (excludes halogenated alkanes) is 14. The van der Waals surface area contributed by atoms with Gasteiger partial charge in [-0.2, -0.15) is 0 Å². The summed E-state index contributed by atoms with van der Waals surface area (Å²) >= 11 is 0. The van der Waals surface area contributed by atoms with Crippen LogP contribution in [-0.4, -0.2) is 73.3 Å². The zero-order valence-corrected chi connectivity index (χ0v) is 32.8. The van der Waals surface area contributed by atoms with Gasteiger partial charge in [-0.1, -0.05) is 96.8 Å². The number of esters is 1. The highest BCUT2D eigenvalue weighted by Gasteiger charge is 2.51. The third-order valence-electron chi connectivity index (χ3n) is 7.47. The van der Waals surface area contributed by atoms with E-state index in [1.54, 1.807) is 0 Å². The Kier molecular flexibility index (Phi) is 19.9. The maximum Gasteiger partial charge on any atom is 0.305 e. The van der Waals surface area contributed by atoms with Gasteiger partial charge in [-0.25, -0.2) is 0 Å². The van der Waals surface area contributed by atoms with Gasteiger partial charge in [-0.3, -0.25) is 4.79 Å². The van der Waals surface area contributed by atoms with Crippen LogP contribution in [0, 0.1) is 0 Å². The lowest BCUT2D eigenvalue weighted by Gasteiger charge is -2.49. The van der Waals surface area contributed by atoms with E-state index >= 15 is 0 Å². The fourth-order valence-corrected chi connectivity index (χ4v) is 8.80. The number of rotatable bonds is 24. The van der Waals surface area contributed by atoms with Crippen molar-refractivity contribution < 1.29 is 32.7 Å². The molecule has 256 valence electrons. The number of ether oxygens (including phenoxy) is 2. The molecule has 43 heavy (non-hydrogen) atoms. The topological polar surface area (TPSA) is 83.5 Å². The van der Waals surface area contributed by atoms with Crippen LogP contribution >= 0.6 is 0 Å². The Balaban J connectivity index is 2.45. The Morgan fingerprint density at radius 1 is 0.581 bits per heavy atom. The molecule has 0 amide bonds. The van der Waals surface area contributed by atoms with Gasteiger partial charge in [0.25, 0.3) is 0 Å². The fraction of sp³-hybridized carbons (Fsp3) is 0.970. The smallest absolute Gasteiger partial charge is 0.305 e. The predicted octanol–water partition coefficient (Wildman–Crippen LogP) is 9.17. The van der Waals surface area contributed by atoms with Crippen LogP contribution in [-0.2, 0) is 27.5 Å². The minimum Gasteiger partial charge on any atom is -0.463 e. The van der Waals surface area contributed by atoms with Crippen molar-refractivity contribution in [3.8, 4) is 0 Å². The van der Waals surface area contributed by atoms with E-state index < -0.39 is 55.7 Å². The molecule has 1 heterocycles. The Morgan fingerprint density at radius 2 is 0.953 bits per heavy atom. The monoisotopic (exact) mass is 662 g/mol. The molecule has 1 saturated heterocycles. The lowest BCUT2D eigenvalue weighted by atomic mass is 9.99. The molecular weight excluding hydrogens is 593 g/mol. The first kappa shape index (κ1) is 40.9. The Hall–Kier alpha value is -0.0794. The first-order valence-corrected chi connectivity index (χ1v) is 27.8. The first-order valence-electron chi connectivity index (χ1n) is 17.5. The summed E-state index contributed by atoms with van der Waals surface area (Å²) in [5, 5.41) is 11.0. The molecule has 0 aliphatic carbocycles. The van der Waals surface area contributed by atoms with Crippen LogP contribution in [0.3, 0.4) is 0 Å². The van der Waals surface area contributed by atoms with E-state index in [0.29, 0.717) is 6.42 Å². The SMILES string of the molecule is CCCCCCCCCCCCCCCCCC(=O)OC[C@H]1O[C@H](O)[C@H](O[Si](C)(C)C)[C@@H](O[Si](C)(C)C)[C@@H]1O[Si](C)(C)C. The normalized spacial score (nSPS) is 23.5. The molecule has 10 heteroatoms. The third-order valence-corrected chi connectivity index (χ3v) is 10.4. The number of aliphatic hydroxyl groups is 1. The van der Waals surface area contributed by atoms with Gasteiger partial charge in [0.1, 0.15) is 31.0 Å². The zero-order chi connectivity index (χ0) is 32.5. The summed E-state index contributed by atoms with van der Waals surface area (Å²) in [4.78, 5) is 12.6. The van der Waals surface area contributed by atoms with Crippen LogP contribution in [0.15, 0.2) is 0 Å². The highest BCUT2D eigenvalue weighted by atomic mass is 28.4. The zero-order valence-electron chi connectivity index (χ0n) is 29.8. The van der Waals surface area contributed by atoms with E-state index in [4.69, 9.17) is 22.8 Å². The van der Waals surface area contributed by atoms with Gasteiger partial charge in [0.2, 0.25) is 0 Å². The van der Waals surface area contributed by atoms with E-state index in [2.05, 4.69) is 65.8 Å². The highest BCUT2D eigenvalue weighted by Crippen LogP contribution is 2.33. The second kappa shape index (κ2) is 20.9. The molecule has 1 aliphatic heterocycles. The first-order chi connectivity index (χ1) is 20.0. The van der Waals surface area contributed by atoms with E-state index in [-0.39, 0.29) is 12.6 Å². The van der Waals surface area contributed by atoms with Gasteiger partial charge in [0.05, 0.1) is 0 Å². The summed E-state index contributed by atoms with van der Waals surface area (Å²) in [6.45, 7) is 21.3. The van der Waals surface area contributed by atoms with E-state index in [0.717, 1.165) is 12.8 Å². The van der Waals surface area contributed by atoms with Crippen molar-refractivity contribution >= 4 is 30.9 Å². The van der Waals surface area contributed by atoms with Crippen molar-refractivity contribution in [2.24, 2.45) is 0 Å². The molecule has 1 aliphatic rings. The molecule has 0 unspecified atom stereocenters. The number of carbonyl (C=O) groups excluding carboxylic acids is 1. The van der Waals surface area contributed by atoms with Gasteiger partial charge < -0.3 is 27.9 Å². The average molecular weight is 663 g/mol. The summed E-state index contributed by atoms with van der Waals surface area (Å²) in [6.07, 6.45) is 16.4. The van der Waals surface area contributed by atoms with Crippen molar-refractivity contribution in [2.45, 2.75) is 199 Å². The molecule has 0 saturated carbocycles. The highest BCUT2D eigenvalue weighted by molar-refractivity contribution is 6.70. The Bertz CT molecular complexity index is 733. The Morgan fingerprint density at radius 3 is 1.37 bits per heavy atom. The summed E-state index contributed by atoms with van der Waals surface area (Å²) in [6, 6.07) is 0. The predicted molar refractivity (Wildman–Crippen MR) is 186 cm³/mol. The van der Waals surface area contributed by atoms with E-state index in [1.165, 1.54) is 83.5 Å². The molecule has 0 aromatic rings. The minimum atomic E-state index is -2.04. The molecule has 1 fully saturated rings. The number of carbonyl (C=O) groups is 1. The van der Waals surface area contributed by atoms with E-state index in [1.807, 2.05) is 0 Å². The molecule has 5 atom stereocenters. The lowest BCUT2D eigenvalue weighted by molar-refractivity contribution is -0.277. The Labute approximate surface area is 268 Å². The molecule has 0 aromatic heterocycles. The van der Waals surface area contributed by atoms with Gasteiger partial charge in [-0.05, 0) is 65.3 Å². The van der Waals surface area contributed by atoms with Crippen LogP contribution in [0.5, 0.6) is 0 Å². The van der Waals surface area contributed by atoms with Crippen molar-refractivity contribution in [3.05, 3.63) is 0 Å². The van der Waals surface area contributed by atoms with Crippen LogP contribution in [0.1, 0.15) is 110 Å². The minimum absolute atomic E-state index is 0.0367. The van der Waals surface area contributed by atoms with Crippen molar-refractivity contribution in [1.82, 2.24) is 0 Å². The van der Waals surface area contributed by atoms with Crippen LogP contribution in [0.4, 0.5) is 0 Å². The van der Waals surface area contributed by atoms with Crippen molar-refractivity contribution in [2.75, 3.05) is 6.61 Å². The lowest BCUT2D eigenvalue weighted by Crippen LogP contribution is -2.65. The van der Waals surface area contributed by atoms with Gasteiger partial charge in [-0.15, -0.1) is 0 Å². The summed E-state index contributed by atoms with van der Waals surface area (Å²) < 4.78 is 31.4. The van der Waals surface area contributed by atoms with Crippen LogP contribution < -0.4 is 0 Å².